The Hall–Kier alpha value is -1.95. The van der Waals surface area contributed by atoms with Gasteiger partial charge in [0.1, 0.15) is 0 Å². The molecule has 1 rings (SSSR count). The topological polar surface area (TPSA) is 98.3 Å². The Morgan fingerprint density at radius 1 is 1.53 bits per heavy atom. The number of nitrogens with zero attached hydrogens (tertiary/aromatic N) is 1. The Bertz CT molecular complexity index is 488. The van der Waals surface area contributed by atoms with Gasteiger partial charge >= 0.3 is 0 Å². The molecule has 0 fully saturated rings. The molecule has 0 aliphatic carbocycles. The van der Waals surface area contributed by atoms with Crippen molar-refractivity contribution in [3.63, 3.8) is 0 Å². The molecule has 0 radical (unpaired) electrons. The van der Waals surface area contributed by atoms with Crippen molar-refractivity contribution in [3.8, 4) is 0 Å². The molecule has 19 heavy (non-hydrogen) atoms. The van der Waals surface area contributed by atoms with Crippen molar-refractivity contribution in [2.75, 3.05) is 5.32 Å². The molecule has 0 heterocycles. The first-order chi connectivity index (χ1) is 8.86. The van der Waals surface area contributed by atoms with E-state index in [1.807, 2.05) is 13.8 Å². The van der Waals surface area contributed by atoms with Crippen molar-refractivity contribution in [2.45, 2.75) is 33.2 Å². The highest BCUT2D eigenvalue weighted by molar-refractivity contribution is 5.95. The van der Waals surface area contributed by atoms with Crippen LogP contribution in [0.3, 0.4) is 0 Å². The molecule has 0 bridgehead atoms. The van der Waals surface area contributed by atoms with Gasteiger partial charge in [-0.3, -0.25) is 14.9 Å². The summed E-state index contributed by atoms with van der Waals surface area (Å²) >= 11 is 0. The zero-order chi connectivity index (χ0) is 14.6. The molecule has 1 amide bonds. The van der Waals surface area contributed by atoms with Gasteiger partial charge in [-0.25, -0.2) is 0 Å². The number of nitrogens with two attached hydrogens (primary N) is 1. The van der Waals surface area contributed by atoms with E-state index in [1.165, 1.54) is 12.1 Å². The first-order valence-electron chi connectivity index (χ1n) is 6.18. The van der Waals surface area contributed by atoms with Gasteiger partial charge in [-0.15, -0.1) is 0 Å². The SMILES string of the molecule is CCC(C)[C@H](N)C(=O)Nc1ccc([N+](=O)[O-])c(C)c1. The lowest BCUT2D eigenvalue weighted by Crippen LogP contribution is -2.40. The van der Waals surface area contributed by atoms with Crippen LogP contribution < -0.4 is 11.1 Å². The predicted octanol–water partition coefficient (Wildman–Crippen LogP) is 2.22. The maximum Gasteiger partial charge on any atom is 0.272 e. The number of hydrogen-bond donors (Lipinski definition) is 2. The highest BCUT2D eigenvalue weighted by Crippen LogP contribution is 2.21. The van der Waals surface area contributed by atoms with Gasteiger partial charge < -0.3 is 11.1 Å². The van der Waals surface area contributed by atoms with E-state index in [2.05, 4.69) is 5.32 Å². The molecule has 1 unspecified atom stereocenters. The molecule has 0 saturated carbocycles. The van der Waals surface area contributed by atoms with Crippen LogP contribution in [0.25, 0.3) is 0 Å². The molecule has 6 nitrogen and oxygen atoms in total. The number of carbonyl (C=O) groups excluding carboxylic acids is 1. The molecule has 2 atom stereocenters. The van der Waals surface area contributed by atoms with E-state index < -0.39 is 11.0 Å². The molecule has 6 heteroatoms. The summed E-state index contributed by atoms with van der Waals surface area (Å²) in [5, 5.41) is 13.4. The third-order valence-electron chi connectivity index (χ3n) is 3.22. The summed E-state index contributed by atoms with van der Waals surface area (Å²) in [7, 11) is 0. The Balaban J connectivity index is 2.81. The fourth-order valence-corrected chi connectivity index (χ4v) is 1.68. The number of aryl methyl sites for hydroxylation is 1. The van der Waals surface area contributed by atoms with E-state index in [9.17, 15) is 14.9 Å². The van der Waals surface area contributed by atoms with Gasteiger partial charge in [0.05, 0.1) is 11.0 Å². The van der Waals surface area contributed by atoms with Crippen LogP contribution in [-0.4, -0.2) is 16.9 Å². The molecule has 1 aromatic carbocycles. The first kappa shape index (κ1) is 15.1. The molecular weight excluding hydrogens is 246 g/mol. The summed E-state index contributed by atoms with van der Waals surface area (Å²) in [5.41, 5.74) is 6.87. The number of nitro groups is 1. The second-order valence-corrected chi connectivity index (χ2v) is 4.66. The predicted molar refractivity (Wildman–Crippen MR) is 73.9 cm³/mol. The molecule has 104 valence electrons. The first-order valence-corrected chi connectivity index (χ1v) is 6.18. The van der Waals surface area contributed by atoms with Crippen LogP contribution in [-0.2, 0) is 4.79 Å². The highest BCUT2D eigenvalue weighted by atomic mass is 16.6. The summed E-state index contributed by atoms with van der Waals surface area (Å²) in [6.45, 7) is 5.50. The van der Waals surface area contributed by atoms with Gasteiger partial charge in [-0.1, -0.05) is 20.3 Å². The van der Waals surface area contributed by atoms with Crippen LogP contribution >= 0.6 is 0 Å². The lowest BCUT2D eigenvalue weighted by Gasteiger charge is -2.17. The molecule has 1 aromatic rings. The highest BCUT2D eigenvalue weighted by Gasteiger charge is 2.20. The molecule has 0 aliphatic rings. The van der Waals surface area contributed by atoms with Gasteiger partial charge in [0.2, 0.25) is 5.91 Å². The summed E-state index contributed by atoms with van der Waals surface area (Å²) in [5.74, 6) is -0.193. The fourth-order valence-electron chi connectivity index (χ4n) is 1.68. The van der Waals surface area contributed by atoms with E-state index in [-0.39, 0.29) is 17.5 Å². The third-order valence-corrected chi connectivity index (χ3v) is 3.22. The monoisotopic (exact) mass is 265 g/mol. The van der Waals surface area contributed by atoms with Crippen molar-refractivity contribution in [3.05, 3.63) is 33.9 Å². The van der Waals surface area contributed by atoms with E-state index in [4.69, 9.17) is 5.73 Å². The quantitative estimate of drug-likeness (QED) is 0.630. The zero-order valence-electron chi connectivity index (χ0n) is 11.3. The Morgan fingerprint density at radius 2 is 2.16 bits per heavy atom. The lowest BCUT2D eigenvalue weighted by molar-refractivity contribution is -0.385. The Kier molecular flexibility index (Phi) is 5.00. The van der Waals surface area contributed by atoms with Gasteiger partial charge in [0.25, 0.3) is 5.69 Å². The van der Waals surface area contributed by atoms with Crippen molar-refractivity contribution in [1.29, 1.82) is 0 Å². The van der Waals surface area contributed by atoms with Gasteiger partial charge in [-0.05, 0) is 25.0 Å². The van der Waals surface area contributed by atoms with Crippen molar-refractivity contribution < 1.29 is 9.72 Å². The van der Waals surface area contributed by atoms with Gasteiger partial charge in [-0.2, -0.15) is 0 Å². The van der Waals surface area contributed by atoms with Crippen LogP contribution in [0.15, 0.2) is 18.2 Å². The van der Waals surface area contributed by atoms with Crippen LogP contribution in [0, 0.1) is 23.0 Å². The van der Waals surface area contributed by atoms with E-state index in [0.29, 0.717) is 11.3 Å². The molecule has 0 saturated heterocycles. The third kappa shape index (κ3) is 3.75. The standard InChI is InChI=1S/C13H19N3O3/c1-4-8(2)12(14)13(17)15-10-5-6-11(16(18)19)9(3)7-10/h5-8,12H,4,14H2,1-3H3,(H,15,17)/t8?,12-/m0/s1. The zero-order valence-corrected chi connectivity index (χ0v) is 11.3. The normalized spacial score (nSPS) is 13.7. The summed E-state index contributed by atoms with van der Waals surface area (Å²) in [6.07, 6.45) is 0.813. The largest absolute Gasteiger partial charge is 0.325 e. The average molecular weight is 265 g/mol. The van der Waals surface area contributed by atoms with Crippen LogP contribution in [0.1, 0.15) is 25.8 Å². The van der Waals surface area contributed by atoms with Gasteiger partial charge in [0.15, 0.2) is 0 Å². The smallest absolute Gasteiger partial charge is 0.272 e. The van der Waals surface area contributed by atoms with Crippen LogP contribution in [0.2, 0.25) is 0 Å². The van der Waals surface area contributed by atoms with E-state index in [0.717, 1.165) is 6.42 Å². The number of carbonyl (C=O) groups is 1. The average Bonchev–Trinajstić information content (AvgIpc) is 2.36. The van der Waals surface area contributed by atoms with Gasteiger partial charge in [0, 0.05) is 17.3 Å². The summed E-state index contributed by atoms with van der Waals surface area (Å²) in [6, 6.07) is 3.87. The van der Waals surface area contributed by atoms with E-state index >= 15 is 0 Å². The Labute approximate surface area is 112 Å². The summed E-state index contributed by atoms with van der Waals surface area (Å²) < 4.78 is 0. The van der Waals surface area contributed by atoms with Crippen molar-refractivity contribution in [2.24, 2.45) is 11.7 Å². The second-order valence-electron chi connectivity index (χ2n) is 4.66. The minimum atomic E-state index is -0.583. The number of rotatable bonds is 5. The van der Waals surface area contributed by atoms with E-state index in [1.54, 1.807) is 13.0 Å². The summed E-state index contributed by atoms with van der Waals surface area (Å²) in [4.78, 5) is 22.1. The number of anilines is 1. The number of hydrogen-bond acceptors (Lipinski definition) is 4. The number of amides is 1. The molecule has 0 aliphatic heterocycles. The van der Waals surface area contributed by atoms with Crippen LogP contribution in [0.5, 0.6) is 0 Å². The van der Waals surface area contributed by atoms with Crippen molar-refractivity contribution in [1.82, 2.24) is 0 Å². The maximum atomic E-state index is 11.9. The Morgan fingerprint density at radius 3 is 2.63 bits per heavy atom. The lowest BCUT2D eigenvalue weighted by atomic mass is 9.99. The number of nitrogens with one attached hydrogen (secondary N) is 1. The minimum absolute atomic E-state index is 0.0317. The van der Waals surface area contributed by atoms with Crippen molar-refractivity contribution >= 4 is 17.3 Å². The van der Waals surface area contributed by atoms with Crippen LogP contribution in [0.4, 0.5) is 11.4 Å². The molecule has 3 N–H and O–H groups in total. The molecule has 0 aromatic heterocycles. The molecular formula is C13H19N3O3. The second kappa shape index (κ2) is 6.29. The number of nitro benzene ring substituents is 1. The fraction of sp³-hybridized carbons (Fsp3) is 0.462. The number of benzene rings is 1. The molecule has 0 spiro atoms. The minimum Gasteiger partial charge on any atom is -0.325 e. The maximum absolute atomic E-state index is 11.9.